The zero-order chi connectivity index (χ0) is 45.5. The predicted molar refractivity (Wildman–Crippen MR) is 239 cm³/mol. The largest absolute Gasteiger partial charge is 1.00 e. The first-order chi connectivity index (χ1) is 29.9. The second-order valence-electron chi connectivity index (χ2n) is 16.2. The Morgan fingerprint density at radius 3 is 2.05 bits per heavy atom. The van der Waals surface area contributed by atoms with Gasteiger partial charge in [0.05, 0.1) is 22.0 Å². The third kappa shape index (κ3) is 11.8. The number of H-pyrrole nitrogens is 1. The maximum atomic E-state index is 13.8. The minimum Gasteiger partial charge on any atom is -0.744 e. The van der Waals surface area contributed by atoms with Gasteiger partial charge in [-0.1, -0.05) is 102 Å². The third-order valence-electron chi connectivity index (χ3n) is 11.0. The molecule has 1 amide bonds. The molecule has 0 saturated carbocycles. The minimum atomic E-state index is -4.69. The summed E-state index contributed by atoms with van der Waals surface area (Å²) in [6, 6.07) is 32.7. The SMILES string of the molecule is CCC(C)(C)c1ccc(OCC(=O)Nc2cc(OC(Oc3ccccc3)C(=O)c3ccccc3)ccc2N=Nc2c(C)[nH]n(-c3ccc(S(=O)(=O)[O-])cc3)c2=O)c(C(C)(C)CC)c1.[Na+]. The molecule has 2 N–H and O–H groups in total. The number of benzene rings is 5. The normalized spacial score (nSPS) is 12.3. The molecule has 0 aliphatic carbocycles. The van der Waals surface area contributed by atoms with Crippen molar-refractivity contribution in [3.63, 3.8) is 0 Å². The summed E-state index contributed by atoms with van der Waals surface area (Å²) in [4.78, 5) is 40.6. The molecule has 0 aliphatic rings. The molecule has 0 radical (unpaired) electrons. The zero-order valence-electron chi connectivity index (χ0n) is 37.2. The number of aryl methyl sites for hydroxylation is 1. The summed E-state index contributed by atoms with van der Waals surface area (Å²) in [7, 11) is -4.69. The molecule has 16 heteroatoms. The van der Waals surface area contributed by atoms with Gasteiger partial charge in [-0.15, -0.1) is 10.2 Å². The van der Waals surface area contributed by atoms with Crippen LogP contribution in [0.25, 0.3) is 5.69 Å². The van der Waals surface area contributed by atoms with Crippen molar-refractivity contribution in [1.82, 2.24) is 9.78 Å². The van der Waals surface area contributed by atoms with Crippen molar-refractivity contribution >= 4 is 38.9 Å². The molecule has 0 spiro atoms. The summed E-state index contributed by atoms with van der Waals surface area (Å²) in [6.07, 6.45) is 0.339. The van der Waals surface area contributed by atoms with E-state index in [4.69, 9.17) is 14.2 Å². The van der Waals surface area contributed by atoms with Crippen LogP contribution in [0.5, 0.6) is 17.2 Å². The monoisotopic (exact) mass is 895 g/mol. The fourth-order valence-electron chi connectivity index (χ4n) is 6.42. The van der Waals surface area contributed by atoms with Crippen LogP contribution in [0.1, 0.15) is 81.6 Å². The van der Waals surface area contributed by atoms with Gasteiger partial charge in [0.15, 0.2) is 12.3 Å². The number of azo groups is 1. The van der Waals surface area contributed by atoms with Gasteiger partial charge in [-0.3, -0.25) is 19.5 Å². The molecule has 1 unspecified atom stereocenters. The number of amides is 1. The molecular weight excluding hydrogens is 846 g/mol. The molecule has 64 heavy (non-hydrogen) atoms. The average Bonchev–Trinajstić information content (AvgIpc) is 3.56. The number of ether oxygens (including phenoxy) is 3. The van der Waals surface area contributed by atoms with Gasteiger partial charge in [0.25, 0.3) is 11.5 Å². The van der Waals surface area contributed by atoms with Crippen molar-refractivity contribution < 1.29 is 66.3 Å². The molecule has 0 aliphatic heterocycles. The molecular formula is C48H50N5NaO9S. The summed E-state index contributed by atoms with van der Waals surface area (Å²) >= 11 is 0. The Morgan fingerprint density at radius 1 is 0.797 bits per heavy atom. The molecule has 0 fully saturated rings. The predicted octanol–water partition coefficient (Wildman–Crippen LogP) is 6.86. The molecule has 328 valence electrons. The van der Waals surface area contributed by atoms with Crippen LogP contribution in [0.4, 0.5) is 17.1 Å². The number of aromatic nitrogens is 2. The second kappa shape index (κ2) is 20.8. The molecule has 0 bridgehead atoms. The van der Waals surface area contributed by atoms with Crippen LogP contribution in [0.3, 0.4) is 0 Å². The maximum Gasteiger partial charge on any atom is 1.00 e. The molecule has 5 aromatic carbocycles. The smallest absolute Gasteiger partial charge is 0.744 e. The third-order valence-corrected chi connectivity index (χ3v) is 11.9. The van der Waals surface area contributed by atoms with Crippen molar-refractivity contribution in [2.75, 3.05) is 11.9 Å². The van der Waals surface area contributed by atoms with Crippen molar-refractivity contribution in [3.8, 4) is 22.9 Å². The molecule has 1 aromatic heterocycles. The summed E-state index contributed by atoms with van der Waals surface area (Å²) in [6.45, 7) is 14.1. The Morgan fingerprint density at radius 2 is 1.42 bits per heavy atom. The first-order valence-corrected chi connectivity index (χ1v) is 21.8. The number of carbonyl (C=O) groups excluding carboxylic acids is 2. The number of aromatic amines is 1. The van der Waals surface area contributed by atoms with E-state index in [0.717, 1.165) is 35.2 Å². The van der Waals surface area contributed by atoms with Crippen molar-refractivity contribution in [2.24, 2.45) is 10.2 Å². The number of ketones is 1. The average molecular weight is 896 g/mol. The van der Waals surface area contributed by atoms with E-state index in [1.165, 1.54) is 35.9 Å². The van der Waals surface area contributed by atoms with Crippen molar-refractivity contribution in [1.29, 1.82) is 0 Å². The molecule has 0 saturated heterocycles. The quantitative estimate of drug-likeness (QED) is 0.0305. The van der Waals surface area contributed by atoms with E-state index in [-0.39, 0.29) is 75.5 Å². The summed E-state index contributed by atoms with van der Waals surface area (Å²) in [5, 5.41) is 14.3. The standard InChI is InChI=1S/C48H51N5O9S.Na/c1-8-47(4,5)33-20-27-41(38(28-33)48(6,7)9-2)60-30-42(54)49-40-29-36(62-46(61-35-18-14-11-15-19-35)44(55)32-16-12-10-13-17-32)23-26-39(40)50-51-43-31(3)52-53(45(43)56)34-21-24-37(25-22-34)63(57,58)59;/h10-29,46,52H,8-9,30H2,1-7H3,(H,49,54)(H,57,58,59);/q;+1/p-1. The zero-order valence-corrected chi connectivity index (χ0v) is 40.0. The second-order valence-corrected chi connectivity index (χ2v) is 17.6. The minimum absolute atomic E-state index is 0. The van der Waals surface area contributed by atoms with Crippen LogP contribution in [0.2, 0.25) is 0 Å². The number of nitrogens with zero attached hydrogens (tertiary/aromatic N) is 3. The Labute approximate surface area is 395 Å². The summed E-state index contributed by atoms with van der Waals surface area (Å²) in [5.74, 6) is 0.111. The van der Waals surface area contributed by atoms with E-state index in [2.05, 4.69) is 68.3 Å². The number of hydrogen-bond acceptors (Lipinski definition) is 11. The molecule has 1 atom stereocenters. The Hall–Kier alpha value is -5.84. The molecule has 6 rings (SSSR count). The van der Waals surface area contributed by atoms with E-state index in [1.807, 2.05) is 18.2 Å². The number of para-hydroxylation sites is 1. The van der Waals surface area contributed by atoms with Gasteiger partial charge in [0, 0.05) is 17.2 Å². The van der Waals surface area contributed by atoms with Crippen LogP contribution in [0, 0.1) is 6.92 Å². The van der Waals surface area contributed by atoms with Crippen LogP contribution < -0.4 is 54.6 Å². The van der Waals surface area contributed by atoms with E-state index in [0.29, 0.717) is 22.8 Å². The van der Waals surface area contributed by atoms with E-state index < -0.39 is 38.6 Å². The van der Waals surface area contributed by atoms with Crippen molar-refractivity contribution in [2.45, 2.75) is 83.3 Å². The Balaban J connectivity index is 0.00000771. The molecule has 14 nitrogen and oxygen atoms in total. The van der Waals surface area contributed by atoms with E-state index >= 15 is 0 Å². The number of hydrogen-bond donors (Lipinski definition) is 2. The molecule has 1 heterocycles. The van der Waals surface area contributed by atoms with Crippen LogP contribution in [-0.2, 0) is 25.7 Å². The maximum absolute atomic E-state index is 13.8. The number of nitrogens with one attached hydrogen (secondary N) is 2. The first-order valence-electron chi connectivity index (χ1n) is 20.4. The fraction of sp³-hybridized carbons (Fsp3) is 0.271. The topological polar surface area (TPSA) is 194 Å². The fourth-order valence-corrected chi connectivity index (χ4v) is 6.89. The van der Waals surface area contributed by atoms with Crippen LogP contribution >= 0.6 is 0 Å². The van der Waals surface area contributed by atoms with Crippen molar-refractivity contribution in [3.05, 3.63) is 154 Å². The summed E-state index contributed by atoms with van der Waals surface area (Å²) in [5.41, 5.74) is 2.30. The number of anilines is 1. The first kappa shape index (κ1) is 49.2. The van der Waals surface area contributed by atoms with Gasteiger partial charge >= 0.3 is 35.8 Å². The van der Waals surface area contributed by atoms with Gasteiger partial charge in [0.2, 0.25) is 5.78 Å². The number of rotatable bonds is 18. The number of carbonyl (C=O) groups is 2. The van der Waals surface area contributed by atoms with Gasteiger partial charge in [-0.25, -0.2) is 13.1 Å². The molecule has 6 aromatic rings. The van der Waals surface area contributed by atoms with Gasteiger partial charge in [0.1, 0.15) is 33.1 Å². The van der Waals surface area contributed by atoms with Crippen LogP contribution in [-0.4, -0.2) is 47.3 Å². The Bertz CT molecular complexity index is 2790. The van der Waals surface area contributed by atoms with Gasteiger partial charge < -0.3 is 24.1 Å². The number of Topliss-reactive ketones (excluding diaryl/α,β-unsaturated/α-hetero) is 1. The Kier molecular flexibility index (Phi) is 16.0. The summed E-state index contributed by atoms with van der Waals surface area (Å²) < 4.78 is 53.9. The van der Waals surface area contributed by atoms with E-state index in [1.54, 1.807) is 61.5 Å². The van der Waals surface area contributed by atoms with Gasteiger partial charge in [-0.2, -0.15) is 0 Å². The van der Waals surface area contributed by atoms with E-state index in [9.17, 15) is 27.4 Å². The van der Waals surface area contributed by atoms with Crippen LogP contribution in [0.15, 0.2) is 141 Å². The van der Waals surface area contributed by atoms with Gasteiger partial charge in [-0.05, 0) is 90.8 Å².